The molecule has 0 heterocycles. The standard InChI is InChI=1S/C18H17ClN2O4/c1-24-15-10-13(11-21-18(20)23)9-14(19)17(15)25-16(22)8-7-12-5-3-2-4-6-12/h2-10H,11H2,1H3,(H3,20,21,23)/b8-7+. The van der Waals surface area contributed by atoms with Crippen molar-refractivity contribution in [3.8, 4) is 11.5 Å². The predicted molar refractivity (Wildman–Crippen MR) is 95.5 cm³/mol. The molecule has 0 radical (unpaired) electrons. The van der Waals surface area contributed by atoms with Crippen molar-refractivity contribution in [3.63, 3.8) is 0 Å². The third-order valence-electron chi connectivity index (χ3n) is 3.17. The molecule has 0 saturated carbocycles. The Hall–Kier alpha value is -2.99. The van der Waals surface area contributed by atoms with Crippen LogP contribution in [0.15, 0.2) is 48.5 Å². The van der Waals surface area contributed by atoms with Gasteiger partial charge in [0.15, 0.2) is 11.5 Å². The second-order valence-electron chi connectivity index (χ2n) is 4.99. The third-order valence-corrected chi connectivity index (χ3v) is 3.45. The van der Waals surface area contributed by atoms with Crippen molar-refractivity contribution in [2.75, 3.05) is 7.11 Å². The van der Waals surface area contributed by atoms with E-state index in [4.69, 9.17) is 26.8 Å². The van der Waals surface area contributed by atoms with Crippen LogP contribution in [0.1, 0.15) is 11.1 Å². The molecule has 0 saturated heterocycles. The summed E-state index contributed by atoms with van der Waals surface area (Å²) >= 11 is 6.16. The van der Waals surface area contributed by atoms with Crippen LogP contribution in [0, 0.1) is 0 Å². The maximum absolute atomic E-state index is 12.0. The van der Waals surface area contributed by atoms with E-state index in [0.29, 0.717) is 5.56 Å². The summed E-state index contributed by atoms with van der Waals surface area (Å²) in [5.74, 6) is -0.211. The van der Waals surface area contributed by atoms with E-state index in [1.165, 1.54) is 13.2 Å². The summed E-state index contributed by atoms with van der Waals surface area (Å²) < 4.78 is 10.5. The number of amides is 2. The van der Waals surface area contributed by atoms with Crippen molar-refractivity contribution in [2.45, 2.75) is 6.54 Å². The Kier molecular flexibility index (Phi) is 6.42. The molecule has 0 spiro atoms. The number of hydrogen-bond donors (Lipinski definition) is 2. The van der Waals surface area contributed by atoms with Crippen LogP contribution in [-0.4, -0.2) is 19.1 Å². The summed E-state index contributed by atoms with van der Waals surface area (Å²) in [5.41, 5.74) is 6.55. The molecule has 0 fully saturated rings. The lowest BCUT2D eigenvalue weighted by Gasteiger charge is -2.12. The highest BCUT2D eigenvalue weighted by atomic mass is 35.5. The first kappa shape index (κ1) is 18.4. The van der Waals surface area contributed by atoms with Gasteiger partial charge >= 0.3 is 12.0 Å². The highest BCUT2D eigenvalue weighted by Crippen LogP contribution is 2.36. The second-order valence-corrected chi connectivity index (χ2v) is 5.40. The summed E-state index contributed by atoms with van der Waals surface area (Å²) in [6.45, 7) is 0.174. The van der Waals surface area contributed by atoms with Gasteiger partial charge in [-0.05, 0) is 29.3 Å². The number of methoxy groups -OCH3 is 1. The Morgan fingerprint density at radius 3 is 2.60 bits per heavy atom. The molecule has 130 valence electrons. The van der Waals surface area contributed by atoms with Gasteiger partial charge in [-0.3, -0.25) is 0 Å². The number of esters is 1. The maximum Gasteiger partial charge on any atom is 0.336 e. The average Bonchev–Trinajstić information content (AvgIpc) is 2.60. The molecule has 7 heteroatoms. The lowest BCUT2D eigenvalue weighted by Crippen LogP contribution is -2.28. The number of nitrogens with two attached hydrogens (primary N) is 1. The van der Waals surface area contributed by atoms with Crippen molar-refractivity contribution in [1.29, 1.82) is 0 Å². The summed E-state index contributed by atoms with van der Waals surface area (Å²) in [7, 11) is 1.42. The van der Waals surface area contributed by atoms with Gasteiger partial charge in [-0.15, -0.1) is 0 Å². The summed E-state index contributed by atoms with van der Waals surface area (Å²) in [6.07, 6.45) is 2.93. The topological polar surface area (TPSA) is 90.7 Å². The summed E-state index contributed by atoms with van der Waals surface area (Å²) in [5, 5.41) is 2.63. The largest absolute Gasteiger partial charge is 0.493 e. The molecule has 2 rings (SSSR count). The minimum absolute atomic E-state index is 0.106. The molecular weight excluding hydrogens is 344 g/mol. The van der Waals surface area contributed by atoms with E-state index in [1.807, 2.05) is 30.3 Å². The minimum Gasteiger partial charge on any atom is -0.493 e. The van der Waals surface area contributed by atoms with Gasteiger partial charge in [0, 0.05) is 12.6 Å². The quantitative estimate of drug-likeness (QED) is 0.470. The Bertz CT molecular complexity index is 791. The van der Waals surface area contributed by atoms with E-state index in [-0.39, 0.29) is 23.1 Å². The molecule has 0 unspecified atom stereocenters. The first-order chi connectivity index (χ1) is 12.0. The molecule has 0 bridgehead atoms. The number of nitrogens with one attached hydrogen (secondary N) is 1. The fourth-order valence-electron chi connectivity index (χ4n) is 2.03. The fourth-order valence-corrected chi connectivity index (χ4v) is 2.30. The van der Waals surface area contributed by atoms with Crippen molar-refractivity contribution < 1.29 is 19.1 Å². The highest BCUT2D eigenvalue weighted by Gasteiger charge is 2.15. The van der Waals surface area contributed by atoms with E-state index in [1.54, 1.807) is 18.2 Å². The lowest BCUT2D eigenvalue weighted by atomic mass is 10.2. The number of primary amides is 1. The zero-order chi connectivity index (χ0) is 18.2. The van der Waals surface area contributed by atoms with Gasteiger partial charge < -0.3 is 20.5 Å². The number of ether oxygens (including phenoxy) is 2. The first-order valence-corrected chi connectivity index (χ1v) is 7.72. The Labute approximate surface area is 150 Å². The predicted octanol–water partition coefficient (Wildman–Crippen LogP) is 3.14. The van der Waals surface area contributed by atoms with Gasteiger partial charge in [-0.25, -0.2) is 9.59 Å². The van der Waals surface area contributed by atoms with Crippen molar-refractivity contribution in [2.24, 2.45) is 5.73 Å². The zero-order valence-corrected chi connectivity index (χ0v) is 14.2. The van der Waals surface area contributed by atoms with Gasteiger partial charge in [0.05, 0.1) is 12.1 Å². The lowest BCUT2D eigenvalue weighted by molar-refractivity contribution is -0.129. The van der Waals surface area contributed by atoms with Crippen molar-refractivity contribution in [3.05, 3.63) is 64.7 Å². The number of urea groups is 1. The molecule has 2 aromatic rings. The molecule has 2 amide bonds. The van der Waals surface area contributed by atoms with Gasteiger partial charge in [-0.1, -0.05) is 41.9 Å². The third kappa shape index (κ3) is 5.54. The zero-order valence-electron chi connectivity index (χ0n) is 13.5. The molecule has 25 heavy (non-hydrogen) atoms. The van der Waals surface area contributed by atoms with Crippen molar-refractivity contribution in [1.82, 2.24) is 5.32 Å². The normalized spacial score (nSPS) is 10.5. The van der Waals surface area contributed by atoms with E-state index < -0.39 is 12.0 Å². The SMILES string of the molecule is COc1cc(CNC(N)=O)cc(Cl)c1OC(=O)/C=C/c1ccccc1. The van der Waals surface area contributed by atoms with Gasteiger partial charge in [0.25, 0.3) is 0 Å². The van der Waals surface area contributed by atoms with Crippen molar-refractivity contribution >= 4 is 29.7 Å². The molecule has 0 aliphatic rings. The van der Waals surface area contributed by atoms with Gasteiger partial charge in [-0.2, -0.15) is 0 Å². The van der Waals surface area contributed by atoms with Crippen LogP contribution in [0.2, 0.25) is 5.02 Å². The van der Waals surface area contributed by atoms with Crippen LogP contribution in [0.4, 0.5) is 4.79 Å². The molecule has 0 aliphatic heterocycles. The molecule has 0 aliphatic carbocycles. The number of halogens is 1. The highest BCUT2D eigenvalue weighted by molar-refractivity contribution is 6.32. The molecule has 0 atom stereocenters. The Balaban J connectivity index is 2.13. The number of hydrogen-bond acceptors (Lipinski definition) is 4. The molecule has 3 N–H and O–H groups in total. The monoisotopic (exact) mass is 360 g/mol. The summed E-state index contributed by atoms with van der Waals surface area (Å²) in [4.78, 5) is 22.8. The van der Waals surface area contributed by atoms with E-state index >= 15 is 0 Å². The minimum atomic E-state index is -0.656. The fraction of sp³-hybridized carbons (Fsp3) is 0.111. The number of rotatable bonds is 6. The molecule has 2 aromatic carbocycles. The number of benzene rings is 2. The maximum atomic E-state index is 12.0. The van der Waals surface area contributed by atoms with Crippen LogP contribution >= 0.6 is 11.6 Å². The van der Waals surface area contributed by atoms with Gasteiger partial charge in [0.1, 0.15) is 0 Å². The number of carbonyl (C=O) groups is 2. The van der Waals surface area contributed by atoms with Crippen LogP contribution < -0.4 is 20.5 Å². The van der Waals surface area contributed by atoms with Gasteiger partial charge in [0.2, 0.25) is 0 Å². The van der Waals surface area contributed by atoms with Crippen LogP contribution in [0.5, 0.6) is 11.5 Å². The second kappa shape index (κ2) is 8.75. The van der Waals surface area contributed by atoms with E-state index in [0.717, 1.165) is 5.56 Å². The Morgan fingerprint density at radius 2 is 1.96 bits per heavy atom. The van der Waals surface area contributed by atoms with Crippen LogP contribution in [-0.2, 0) is 11.3 Å². The Morgan fingerprint density at radius 1 is 1.24 bits per heavy atom. The molecular formula is C18H17ClN2O4. The smallest absolute Gasteiger partial charge is 0.336 e. The van der Waals surface area contributed by atoms with E-state index in [9.17, 15) is 9.59 Å². The van der Waals surface area contributed by atoms with Crippen LogP contribution in [0.25, 0.3) is 6.08 Å². The first-order valence-electron chi connectivity index (χ1n) is 7.34. The summed E-state index contributed by atoms with van der Waals surface area (Å²) in [6, 6.07) is 11.8. The molecule has 6 nitrogen and oxygen atoms in total. The number of carbonyl (C=O) groups excluding carboxylic acids is 2. The average molecular weight is 361 g/mol. The molecule has 0 aromatic heterocycles. The van der Waals surface area contributed by atoms with E-state index in [2.05, 4.69) is 5.32 Å². The van der Waals surface area contributed by atoms with Crippen LogP contribution in [0.3, 0.4) is 0 Å².